The third-order valence-corrected chi connectivity index (χ3v) is 2.13. The minimum absolute atomic E-state index is 0.176. The molecule has 1 heterocycles. The Labute approximate surface area is 103 Å². The lowest BCUT2D eigenvalue weighted by atomic mass is 10.2. The maximum atomic E-state index is 11.6. The van der Waals surface area contributed by atoms with Crippen molar-refractivity contribution in [2.24, 2.45) is 0 Å². The number of nitrogens with one attached hydrogen (secondary N) is 1. The van der Waals surface area contributed by atoms with Crippen LogP contribution in [0.4, 0.5) is 10.5 Å². The van der Waals surface area contributed by atoms with Crippen LogP contribution in [0.3, 0.4) is 0 Å². The highest BCUT2D eigenvalue weighted by Gasteiger charge is 2.19. The van der Waals surface area contributed by atoms with Crippen molar-refractivity contribution < 1.29 is 14.3 Å². The van der Waals surface area contributed by atoms with Gasteiger partial charge in [-0.3, -0.25) is 4.79 Å². The smallest absolute Gasteiger partial charge is 0.429 e. The Hall–Kier alpha value is -1.66. The number of ether oxygens (including phenoxy) is 1. The Morgan fingerprint density at radius 1 is 1.71 bits per heavy atom. The molecule has 0 bridgehead atoms. The number of hydrogen-bond acceptors (Lipinski definition) is 5. The van der Waals surface area contributed by atoms with Gasteiger partial charge in [-0.1, -0.05) is 11.6 Å². The number of anilines is 1. The summed E-state index contributed by atoms with van der Waals surface area (Å²) in [5.41, 5.74) is 3.14. The van der Waals surface area contributed by atoms with Crippen molar-refractivity contribution in [3.05, 3.63) is 23.0 Å². The van der Waals surface area contributed by atoms with Gasteiger partial charge < -0.3 is 4.74 Å². The maximum Gasteiger partial charge on any atom is 0.429 e. The van der Waals surface area contributed by atoms with Crippen LogP contribution in [0.2, 0.25) is 5.15 Å². The van der Waals surface area contributed by atoms with Crippen molar-refractivity contribution in [1.29, 1.82) is 0 Å². The summed E-state index contributed by atoms with van der Waals surface area (Å²) >= 11 is 5.72. The van der Waals surface area contributed by atoms with E-state index in [-0.39, 0.29) is 17.3 Å². The predicted octanol–water partition coefficient (Wildman–Crippen LogP) is 1.64. The van der Waals surface area contributed by atoms with Crippen LogP contribution >= 0.6 is 11.6 Å². The van der Waals surface area contributed by atoms with Gasteiger partial charge in [0, 0.05) is 19.3 Å². The van der Waals surface area contributed by atoms with Gasteiger partial charge in [-0.15, -0.1) is 0 Å². The molecule has 1 aromatic heterocycles. The highest BCUT2D eigenvalue weighted by molar-refractivity contribution is 6.29. The molecular weight excluding hydrogens is 246 g/mol. The van der Waals surface area contributed by atoms with Gasteiger partial charge in [-0.2, -0.15) is 0 Å². The van der Waals surface area contributed by atoms with Crippen molar-refractivity contribution in [3.63, 3.8) is 0 Å². The van der Waals surface area contributed by atoms with E-state index < -0.39 is 6.09 Å². The zero-order valence-corrected chi connectivity index (χ0v) is 10.2. The molecule has 0 aliphatic rings. The van der Waals surface area contributed by atoms with E-state index in [4.69, 9.17) is 16.3 Å². The fourth-order valence-corrected chi connectivity index (χ4v) is 1.37. The van der Waals surface area contributed by atoms with E-state index in [0.717, 1.165) is 5.01 Å². The average Bonchev–Trinajstić information content (AvgIpc) is 2.31. The van der Waals surface area contributed by atoms with Crippen LogP contribution in [0.1, 0.15) is 17.3 Å². The summed E-state index contributed by atoms with van der Waals surface area (Å²) in [5, 5.41) is 1.26. The summed E-state index contributed by atoms with van der Waals surface area (Å²) in [6.45, 7) is 1.91. The summed E-state index contributed by atoms with van der Waals surface area (Å²) in [5.74, 6) is 0. The largest absolute Gasteiger partial charge is 0.449 e. The van der Waals surface area contributed by atoms with Gasteiger partial charge in [0.2, 0.25) is 0 Å². The Bertz CT molecular complexity index is 425. The number of nitrogens with zero attached hydrogens (tertiary/aromatic N) is 2. The summed E-state index contributed by atoms with van der Waals surface area (Å²) in [7, 11) is 1.53. The molecule has 0 spiro atoms. The first-order valence-electron chi connectivity index (χ1n) is 4.89. The van der Waals surface area contributed by atoms with Gasteiger partial charge in [0.25, 0.3) is 0 Å². The van der Waals surface area contributed by atoms with E-state index in [9.17, 15) is 9.59 Å². The quantitative estimate of drug-likeness (QED) is 0.504. The Balaban J connectivity index is 3.14. The number of aromatic nitrogens is 1. The number of amides is 1. The zero-order chi connectivity index (χ0) is 12.8. The van der Waals surface area contributed by atoms with Crippen LogP contribution in [0.25, 0.3) is 0 Å². The van der Waals surface area contributed by atoms with Crippen molar-refractivity contribution in [1.82, 2.24) is 10.4 Å². The number of carbonyl (C=O) groups excluding carboxylic acids is 2. The fourth-order valence-electron chi connectivity index (χ4n) is 1.21. The zero-order valence-electron chi connectivity index (χ0n) is 9.44. The molecule has 92 valence electrons. The van der Waals surface area contributed by atoms with Gasteiger partial charge in [-0.05, 0) is 6.92 Å². The van der Waals surface area contributed by atoms with Crippen LogP contribution < -0.4 is 10.4 Å². The molecular formula is C10H12ClN3O3. The van der Waals surface area contributed by atoms with Crippen molar-refractivity contribution >= 4 is 29.7 Å². The van der Waals surface area contributed by atoms with Crippen LogP contribution in [0.5, 0.6) is 0 Å². The van der Waals surface area contributed by atoms with E-state index in [2.05, 4.69) is 10.4 Å². The highest BCUT2D eigenvalue weighted by Crippen LogP contribution is 2.21. The van der Waals surface area contributed by atoms with Crippen LogP contribution in [-0.2, 0) is 4.74 Å². The molecule has 1 N–H and O–H groups in total. The topological polar surface area (TPSA) is 71.5 Å². The van der Waals surface area contributed by atoms with Crippen molar-refractivity contribution in [2.75, 3.05) is 18.7 Å². The molecule has 1 aromatic rings. The van der Waals surface area contributed by atoms with E-state index in [1.54, 1.807) is 6.92 Å². The first-order chi connectivity index (χ1) is 8.13. The Kier molecular flexibility index (Phi) is 4.86. The Morgan fingerprint density at radius 3 is 2.94 bits per heavy atom. The highest BCUT2D eigenvalue weighted by atomic mass is 35.5. The summed E-state index contributed by atoms with van der Waals surface area (Å²) in [6.07, 6.45) is 1.25. The van der Waals surface area contributed by atoms with Crippen LogP contribution in [0, 0.1) is 0 Å². The van der Waals surface area contributed by atoms with Crippen molar-refractivity contribution in [2.45, 2.75) is 6.92 Å². The molecule has 7 heteroatoms. The van der Waals surface area contributed by atoms with Gasteiger partial charge in [0.1, 0.15) is 5.15 Å². The Morgan fingerprint density at radius 2 is 2.41 bits per heavy atom. The van der Waals surface area contributed by atoms with Crippen molar-refractivity contribution in [3.8, 4) is 0 Å². The second-order valence-corrected chi connectivity index (χ2v) is 3.33. The molecule has 6 nitrogen and oxygen atoms in total. The fraction of sp³-hybridized carbons (Fsp3) is 0.300. The number of pyridine rings is 1. The molecule has 1 amide bonds. The van der Waals surface area contributed by atoms with E-state index >= 15 is 0 Å². The van der Waals surface area contributed by atoms with Gasteiger partial charge >= 0.3 is 6.09 Å². The van der Waals surface area contributed by atoms with Gasteiger partial charge in [0.15, 0.2) is 6.29 Å². The first kappa shape index (κ1) is 13.4. The number of hydrogen-bond donors (Lipinski definition) is 1. The molecule has 17 heavy (non-hydrogen) atoms. The molecule has 1 rings (SSSR count). The first-order valence-corrected chi connectivity index (χ1v) is 5.26. The number of halogens is 1. The third-order valence-electron chi connectivity index (χ3n) is 1.92. The van der Waals surface area contributed by atoms with E-state index in [1.807, 2.05) is 0 Å². The predicted molar refractivity (Wildman–Crippen MR) is 63.2 cm³/mol. The van der Waals surface area contributed by atoms with Gasteiger partial charge in [-0.25, -0.2) is 20.2 Å². The van der Waals surface area contributed by atoms with Crippen LogP contribution in [-0.4, -0.2) is 31.0 Å². The molecule has 0 radical (unpaired) electrons. The third kappa shape index (κ3) is 3.15. The summed E-state index contributed by atoms with van der Waals surface area (Å²) in [6, 6.07) is 1.40. The number of carbonyl (C=O) groups is 2. The van der Waals surface area contributed by atoms with E-state index in [1.165, 1.54) is 19.3 Å². The van der Waals surface area contributed by atoms with Gasteiger partial charge in [0.05, 0.1) is 17.9 Å². The standard InChI is InChI=1S/C10H12ClN3O3/c1-3-17-10(16)14(12-2)8-4-9(11)13-5-7(8)6-15/h4-6,12H,3H2,1-2H3. The summed E-state index contributed by atoms with van der Waals surface area (Å²) < 4.78 is 4.83. The number of aldehydes is 1. The molecule has 0 aromatic carbocycles. The molecule has 0 saturated carbocycles. The molecule has 0 aliphatic carbocycles. The molecule has 0 unspecified atom stereocenters. The molecule has 0 saturated heterocycles. The monoisotopic (exact) mass is 257 g/mol. The lowest BCUT2D eigenvalue weighted by Gasteiger charge is -2.21. The second-order valence-electron chi connectivity index (χ2n) is 2.94. The second kappa shape index (κ2) is 6.17. The molecule has 0 atom stereocenters. The minimum atomic E-state index is -0.625. The normalized spacial score (nSPS) is 9.82. The van der Waals surface area contributed by atoms with Crippen LogP contribution in [0.15, 0.2) is 12.3 Å². The SMILES string of the molecule is CCOC(=O)N(NC)c1cc(Cl)ncc1C=O. The molecule has 0 aliphatic heterocycles. The summed E-state index contributed by atoms with van der Waals surface area (Å²) in [4.78, 5) is 26.2. The average molecular weight is 258 g/mol. The lowest BCUT2D eigenvalue weighted by Crippen LogP contribution is -2.41. The number of rotatable bonds is 4. The maximum absolute atomic E-state index is 11.6. The number of hydrazine groups is 1. The van der Waals surface area contributed by atoms with E-state index in [0.29, 0.717) is 12.0 Å². The molecule has 0 fully saturated rings. The lowest BCUT2D eigenvalue weighted by molar-refractivity contribution is 0.112. The minimum Gasteiger partial charge on any atom is -0.449 e.